The second-order valence-corrected chi connectivity index (χ2v) is 8.98. The number of quaternary nitrogens is 2. The Kier molecular flexibility index (Phi) is 4.54. The summed E-state index contributed by atoms with van der Waals surface area (Å²) in [6.07, 6.45) is -0.682. The van der Waals surface area contributed by atoms with Gasteiger partial charge >= 0.3 is 0 Å². The first-order valence-corrected chi connectivity index (χ1v) is 9.87. The molecule has 0 spiro atoms. The lowest BCUT2D eigenvalue weighted by Crippen LogP contribution is -3.29. The second-order valence-electron chi connectivity index (χ2n) is 6.82. The average Bonchev–Trinajstić information content (AvgIpc) is 2.73. The van der Waals surface area contributed by atoms with E-state index in [2.05, 4.69) is 31.2 Å². The van der Waals surface area contributed by atoms with E-state index in [1.165, 1.54) is 16.0 Å². The molecule has 3 rings (SSSR count). The fourth-order valence-electron chi connectivity index (χ4n) is 3.80. The predicted molar refractivity (Wildman–Crippen MR) is 84.7 cm³/mol. The number of nitrogens with one attached hydrogen (secondary N) is 2. The van der Waals surface area contributed by atoms with Crippen molar-refractivity contribution < 1.29 is 23.3 Å². The molecular weight excluding hydrogens is 300 g/mol. The van der Waals surface area contributed by atoms with Crippen molar-refractivity contribution in [2.24, 2.45) is 0 Å². The highest BCUT2D eigenvalue weighted by Crippen LogP contribution is 2.10. The Morgan fingerprint density at radius 2 is 1.91 bits per heavy atom. The SMILES string of the molecule is Cc1cccc(C[NH+]2CC[NH+](C3CS(=O)(=O)CC3O)CC2)c1. The van der Waals surface area contributed by atoms with Crippen LogP contribution in [0.15, 0.2) is 24.3 Å². The molecular formula is C16H26N2O3S+2. The van der Waals surface area contributed by atoms with E-state index in [0.29, 0.717) is 0 Å². The van der Waals surface area contributed by atoms with Gasteiger partial charge < -0.3 is 14.9 Å². The van der Waals surface area contributed by atoms with E-state index in [0.717, 1.165) is 32.7 Å². The van der Waals surface area contributed by atoms with Gasteiger partial charge in [0.1, 0.15) is 50.6 Å². The molecule has 0 saturated carbocycles. The van der Waals surface area contributed by atoms with Gasteiger partial charge in [-0.2, -0.15) is 0 Å². The van der Waals surface area contributed by atoms with Crippen LogP contribution < -0.4 is 9.80 Å². The lowest BCUT2D eigenvalue weighted by molar-refractivity contribution is -1.03. The van der Waals surface area contributed by atoms with Crippen molar-refractivity contribution in [1.29, 1.82) is 0 Å². The van der Waals surface area contributed by atoms with E-state index < -0.39 is 15.9 Å². The molecule has 0 radical (unpaired) electrons. The van der Waals surface area contributed by atoms with Gasteiger partial charge in [0.25, 0.3) is 0 Å². The number of sulfone groups is 1. The molecule has 5 nitrogen and oxygen atoms in total. The number of benzene rings is 1. The van der Waals surface area contributed by atoms with Gasteiger partial charge in [0.2, 0.25) is 0 Å². The van der Waals surface area contributed by atoms with Gasteiger partial charge in [-0.1, -0.05) is 29.8 Å². The van der Waals surface area contributed by atoms with Crippen LogP contribution in [0.5, 0.6) is 0 Å². The Morgan fingerprint density at radius 3 is 2.50 bits per heavy atom. The van der Waals surface area contributed by atoms with Crippen molar-refractivity contribution in [2.75, 3.05) is 37.7 Å². The standard InChI is InChI=1S/C16H24N2O3S/c1-13-3-2-4-14(9-13)10-17-5-7-18(8-6-17)15-11-22(20,21)12-16(15)19/h2-4,9,15-16,19H,5-8,10-12H2,1H3/p+2. The summed E-state index contributed by atoms with van der Waals surface area (Å²) < 4.78 is 23.3. The first-order valence-electron chi connectivity index (χ1n) is 8.05. The molecule has 2 atom stereocenters. The third kappa shape index (κ3) is 3.68. The first kappa shape index (κ1) is 15.9. The molecule has 2 saturated heterocycles. The zero-order valence-corrected chi connectivity index (χ0v) is 13.9. The van der Waals surface area contributed by atoms with E-state index in [4.69, 9.17) is 0 Å². The van der Waals surface area contributed by atoms with Crippen molar-refractivity contribution in [3.8, 4) is 0 Å². The highest BCUT2D eigenvalue weighted by atomic mass is 32.2. The van der Waals surface area contributed by atoms with Crippen molar-refractivity contribution in [3.63, 3.8) is 0 Å². The molecule has 0 aliphatic carbocycles. The minimum atomic E-state index is -3.04. The summed E-state index contributed by atoms with van der Waals surface area (Å²) in [7, 11) is -3.04. The normalized spacial score (nSPS) is 34.6. The van der Waals surface area contributed by atoms with Crippen LogP contribution >= 0.6 is 0 Å². The van der Waals surface area contributed by atoms with Crippen molar-refractivity contribution in [3.05, 3.63) is 35.4 Å². The van der Waals surface area contributed by atoms with Crippen LogP contribution in [0.3, 0.4) is 0 Å². The lowest BCUT2D eigenvalue weighted by Gasteiger charge is -2.33. The summed E-state index contributed by atoms with van der Waals surface area (Å²) in [5.74, 6) is 0.0950. The minimum absolute atomic E-state index is 0.0545. The van der Waals surface area contributed by atoms with Gasteiger partial charge in [0.15, 0.2) is 9.84 Å². The summed E-state index contributed by atoms with van der Waals surface area (Å²) >= 11 is 0. The van der Waals surface area contributed by atoms with Gasteiger partial charge in [0.05, 0.1) is 5.75 Å². The topological polar surface area (TPSA) is 63.2 Å². The highest BCUT2D eigenvalue weighted by molar-refractivity contribution is 7.91. The van der Waals surface area contributed by atoms with Crippen LogP contribution in [-0.2, 0) is 16.4 Å². The van der Waals surface area contributed by atoms with E-state index in [-0.39, 0.29) is 17.5 Å². The van der Waals surface area contributed by atoms with Crippen molar-refractivity contribution in [2.45, 2.75) is 25.6 Å². The second kappa shape index (κ2) is 6.28. The van der Waals surface area contributed by atoms with E-state index in [1.54, 1.807) is 4.90 Å². The van der Waals surface area contributed by atoms with Crippen LogP contribution in [0.4, 0.5) is 0 Å². The van der Waals surface area contributed by atoms with Gasteiger partial charge in [-0.25, -0.2) is 8.42 Å². The molecule has 0 amide bonds. The first-order chi connectivity index (χ1) is 10.4. The van der Waals surface area contributed by atoms with Gasteiger partial charge in [-0.05, 0) is 6.92 Å². The Morgan fingerprint density at radius 1 is 1.18 bits per heavy atom. The van der Waals surface area contributed by atoms with Crippen molar-refractivity contribution >= 4 is 9.84 Å². The molecule has 2 fully saturated rings. The molecule has 22 heavy (non-hydrogen) atoms. The minimum Gasteiger partial charge on any atom is -0.386 e. The van der Waals surface area contributed by atoms with E-state index in [9.17, 15) is 13.5 Å². The number of rotatable bonds is 3. The van der Waals surface area contributed by atoms with Crippen LogP contribution in [0.2, 0.25) is 0 Å². The molecule has 2 unspecified atom stereocenters. The number of aliphatic hydroxyl groups is 1. The zero-order chi connectivity index (χ0) is 15.7. The smallest absolute Gasteiger partial charge is 0.159 e. The highest BCUT2D eigenvalue weighted by Gasteiger charge is 2.44. The molecule has 0 bridgehead atoms. The Balaban J connectivity index is 1.54. The summed E-state index contributed by atoms with van der Waals surface area (Å²) in [4.78, 5) is 2.81. The largest absolute Gasteiger partial charge is 0.386 e. The van der Waals surface area contributed by atoms with Crippen LogP contribution in [-0.4, -0.2) is 63.4 Å². The Hall–Kier alpha value is -0.950. The summed E-state index contributed by atoms with van der Waals surface area (Å²) in [5, 5.41) is 10.0. The number of aryl methyl sites for hydroxylation is 1. The molecule has 2 aliphatic heterocycles. The maximum atomic E-state index is 11.7. The summed E-state index contributed by atoms with van der Waals surface area (Å²) in [6.45, 7) is 7.10. The number of hydrogen-bond donors (Lipinski definition) is 3. The molecule has 122 valence electrons. The zero-order valence-electron chi connectivity index (χ0n) is 13.1. The van der Waals surface area contributed by atoms with E-state index in [1.807, 2.05) is 0 Å². The molecule has 0 aromatic heterocycles. The molecule has 2 heterocycles. The fraction of sp³-hybridized carbons (Fsp3) is 0.625. The van der Waals surface area contributed by atoms with Crippen LogP contribution in [0, 0.1) is 6.92 Å². The number of aliphatic hydroxyl groups excluding tert-OH is 1. The summed E-state index contributed by atoms with van der Waals surface area (Å²) in [5.41, 5.74) is 2.65. The summed E-state index contributed by atoms with van der Waals surface area (Å²) in [6, 6.07) is 8.51. The van der Waals surface area contributed by atoms with Gasteiger partial charge in [-0.15, -0.1) is 0 Å². The third-order valence-electron chi connectivity index (χ3n) is 4.98. The fourth-order valence-corrected chi connectivity index (χ4v) is 5.70. The molecule has 3 N–H and O–H groups in total. The van der Waals surface area contributed by atoms with Crippen molar-refractivity contribution in [1.82, 2.24) is 0 Å². The molecule has 2 aliphatic rings. The lowest BCUT2D eigenvalue weighted by atomic mass is 10.1. The molecule has 1 aromatic carbocycles. The third-order valence-corrected chi connectivity index (χ3v) is 6.70. The maximum Gasteiger partial charge on any atom is 0.159 e. The number of hydrogen-bond acceptors (Lipinski definition) is 3. The van der Waals surface area contributed by atoms with Crippen LogP contribution in [0.1, 0.15) is 11.1 Å². The van der Waals surface area contributed by atoms with Gasteiger partial charge in [-0.3, -0.25) is 0 Å². The Bertz CT molecular complexity index is 624. The Labute approximate surface area is 132 Å². The van der Waals surface area contributed by atoms with E-state index >= 15 is 0 Å². The average molecular weight is 326 g/mol. The monoisotopic (exact) mass is 326 g/mol. The molecule has 1 aromatic rings. The predicted octanol–water partition coefficient (Wildman–Crippen LogP) is -2.56. The quantitative estimate of drug-likeness (QED) is 0.573. The van der Waals surface area contributed by atoms with Gasteiger partial charge in [0, 0.05) is 5.56 Å². The van der Waals surface area contributed by atoms with Crippen LogP contribution in [0.25, 0.3) is 0 Å². The number of piperazine rings is 1. The maximum absolute atomic E-state index is 11.7. The molecule has 6 heteroatoms.